The van der Waals surface area contributed by atoms with Gasteiger partial charge in [-0.05, 0) is 25.2 Å². The van der Waals surface area contributed by atoms with Crippen molar-refractivity contribution < 1.29 is 4.74 Å². The Balaban J connectivity index is 1.93. The quantitative estimate of drug-likeness (QED) is 0.735. The largest absolute Gasteiger partial charge is 0.379 e. The third kappa shape index (κ3) is 2.75. The second kappa shape index (κ2) is 5.15. The van der Waals surface area contributed by atoms with Gasteiger partial charge < -0.3 is 4.74 Å². The van der Waals surface area contributed by atoms with Gasteiger partial charge in [0.15, 0.2) is 0 Å². The summed E-state index contributed by atoms with van der Waals surface area (Å²) in [5.41, 5.74) is 0.561. The maximum atomic E-state index is 5.49. The first-order valence-corrected chi connectivity index (χ1v) is 7.26. The van der Waals surface area contributed by atoms with Crippen LogP contribution in [0.4, 0.5) is 0 Å². The van der Waals surface area contributed by atoms with Crippen LogP contribution in [0.25, 0.3) is 0 Å². The molecular weight excluding hydrogens is 254 g/mol. The fourth-order valence-corrected chi connectivity index (χ4v) is 3.62. The molecule has 2 rings (SSSR count). The van der Waals surface area contributed by atoms with Gasteiger partial charge in [-0.1, -0.05) is 28.8 Å². The van der Waals surface area contributed by atoms with Gasteiger partial charge in [-0.3, -0.25) is 4.90 Å². The summed E-state index contributed by atoms with van der Waals surface area (Å²) in [4.78, 5) is 2.62. The Morgan fingerprint density at radius 3 is 2.73 bits per heavy atom. The summed E-state index contributed by atoms with van der Waals surface area (Å²) in [7, 11) is 0. The lowest BCUT2D eigenvalue weighted by Gasteiger charge is -2.39. The Hall–Kier alpha value is 0.400. The molecule has 1 aliphatic heterocycles. The number of alkyl halides is 1. The van der Waals surface area contributed by atoms with Gasteiger partial charge in [0.2, 0.25) is 0 Å². The molecule has 0 aromatic carbocycles. The summed E-state index contributed by atoms with van der Waals surface area (Å²) < 4.78 is 5.49. The number of morpholine rings is 1. The van der Waals surface area contributed by atoms with Crippen LogP contribution < -0.4 is 0 Å². The highest BCUT2D eigenvalue weighted by molar-refractivity contribution is 9.09. The minimum atomic E-state index is 0.561. The van der Waals surface area contributed by atoms with E-state index >= 15 is 0 Å². The van der Waals surface area contributed by atoms with Crippen molar-refractivity contribution in [2.75, 3.05) is 31.6 Å². The van der Waals surface area contributed by atoms with Gasteiger partial charge in [0.05, 0.1) is 13.2 Å². The third-order valence-electron chi connectivity index (χ3n) is 3.99. The highest BCUT2D eigenvalue weighted by Crippen LogP contribution is 2.40. The van der Waals surface area contributed by atoms with E-state index in [1.54, 1.807) is 0 Å². The molecule has 3 heteroatoms. The van der Waals surface area contributed by atoms with Crippen molar-refractivity contribution in [1.29, 1.82) is 0 Å². The molecule has 2 nitrogen and oxygen atoms in total. The summed E-state index contributed by atoms with van der Waals surface area (Å²) >= 11 is 3.72. The van der Waals surface area contributed by atoms with E-state index in [9.17, 15) is 0 Å². The number of ether oxygens (including phenoxy) is 1. The SMILES string of the molecule is CC1COCCN1CC1(CBr)CCCC1. The van der Waals surface area contributed by atoms with Crippen molar-refractivity contribution in [3.05, 3.63) is 0 Å². The number of hydrogen-bond donors (Lipinski definition) is 0. The van der Waals surface area contributed by atoms with Crippen LogP contribution in [0, 0.1) is 5.41 Å². The molecule has 0 radical (unpaired) electrons. The Labute approximate surface area is 101 Å². The molecule has 0 aromatic rings. The zero-order chi connectivity index (χ0) is 10.7. The average molecular weight is 276 g/mol. The highest BCUT2D eigenvalue weighted by atomic mass is 79.9. The molecule has 88 valence electrons. The van der Waals surface area contributed by atoms with E-state index in [1.807, 2.05) is 0 Å². The van der Waals surface area contributed by atoms with E-state index < -0.39 is 0 Å². The topological polar surface area (TPSA) is 12.5 Å². The van der Waals surface area contributed by atoms with Crippen LogP contribution in [0.3, 0.4) is 0 Å². The maximum Gasteiger partial charge on any atom is 0.0619 e. The molecule has 15 heavy (non-hydrogen) atoms. The molecule has 0 aromatic heterocycles. The molecule has 1 saturated heterocycles. The molecule has 2 aliphatic rings. The molecule has 0 spiro atoms. The lowest BCUT2D eigenvalue weighted by Crippen LogP contribution is -2.48. The molecule has 1 heterocycles. The Morgan fingerprint density at radius 1 is 1.40 bits per heavy atom. The molecule has 0 bridgehead atoms. The number of halogens is 1. The predicted octanol–water partition coefficient (Wildman–Crippen LogP) is 2.66. The normalized spacial score (nSPS) is 32.0. The summed E-state index contributed by atoms with van der Waals surface area (Å²) in [5, 5.41) is 1.17. The van der Waals surface area contributed by atoms with Crippen molar-refractivity contribution in [3.63, 3.8) is 0 Å². The first-order valence-electron chi connectivity index (χ1n) is 6.14. The first-order chi connectivity index (χ1) is 7.26. The van der Waals surface area contributed by atoms with Crippen LogP contribution in [-0.2, 0) is 4.74 Å². The van der Waals surface area contributed by atoms with Crippen molar-refractivity contribution in [2.45, 2.75) is 38.6 Å². The van der Waals surface area contributed by atoms with Gasteiger partial charge in [0.25, 0.3) is 0 Å². The average Bonchev–Trinajstić information content (AvgIpc) is 2.71. The van der Waals surface area contributed by atoms with Gasteiger partial charge >= 0.3 is 0 Å². The standard InChI is InChI=1S/C12H22BrNO/c1-11-8-15-7-6-14(11)10-12(9-13)4-2-3-5-12/h11H,2-10H2,1H3. The summed E-state index contributed by atoms with van der Waals surface area (Å²) in [5.74, 6) is 0. The van der Waals surface area contributed by atoms with Crippen LogP contribution in [0.5, 0.6) is 0 Å². The summed E-state index contributed by atoms with van der Waals surface area (Å²) in [6.07, 6.45) is 5.65. The van der Waals surface area contributed by atoms with E-state index in [4.69, 9.17) is 4.74 Å². The van der Waals surface area contributed by atoms with Gasteiger partial charge in [-0.2, -0.15) is 0 Å². The number of hydrogen-bond acceptors (Lipinski definition) is 2. The van der Waals surface area contributed by atoms with Crippen LogP contribution >= 0.6 is 15.9 Å². The zero-order valence-electron chi connectivity index (χ0n) is 9.67. The van der Waals surface area contributed by atoms with E-state index in [2.05, 4.69) is 27.8 Å². The van der Waals surface area contributed by atoms with E-state index in [1.165, 1.54) is 37.6 Å². The highest BCUT2D eigenvalue weighted by Gasteiger charge is 2.36. The molecule has 1 atom stereocenters. The molecule has 2 fully saturated rings. The van der Waals surface area contributed by atoms with Gasteiger partial charge in [0.1, 0.15) is 0 Å². The maximum absolute atomic E-state index is 5.49. The summed E-state index contributed by atoms with van der Waals surface area (Å²) in [6, 6.07) is 0.607. The fourth-order valence-electron chi connectivity index (χ4n) is 2.89. The van der Waals surface area contributed by atoms with Crippen molar-refractivity contribution in [3.8, 4) is 0 Å². The zero-order valence-corrected chi connectivity index (χ0v) is 11.3. The van der Waals surface area contributed by atoms with Crippen molar-refractivity contribution >= 4 is 15.9 Å². The first kappa shape index (κ1) is 11.9. The number of rotatable bonds is 3. The second-order valence-electron chi connectivity index (χ2n) is 5.24. The van der Waals surface area contributed by atoms with Crippen molar-refractivity contribution in [1.82, 2.24) is 4.90 Å². The van der Waals surface area contributed by atoms with Gasteiger partial charge in [-0.25, -0.2) is 0 Å². The molecule has 1 aliphatic carbocycles. The molecule has 0 N–H and O–H groups in total. The van der Waals surface area contributed by atoms with Crippen LogP contribution in [0.15, 0.2) is 0 Å². The molecule has 1 saturated carbocycles. The van der Waals surface area contributed by atoms with Crippen LogP contribution in [-0.4, -0.2) is 42.6 Å². The minimum absolute atomic E-state index is 0.561. The lowest BCUT2D eigenvalue weighted by atomic mass is 9.87. The number of nitrogens with zero attached hydrogens (tertiary/aromatic N) is 1. The Kier molecular flexibility index (Phi) is 4.08. The third-order valence-corrected chi connectivity index (χ3v) is 5.18. The fraction of sp³-hybridized carbons (Fsp3) is 1.00. The van der Waals surface area contributed by atoms with E-state index in [0.29, 0.717) is 11.5 Å². The Bertz CT molecular complexity index is 204. The smallest absolute Gasteiger partial charge is 0.0619 e. The van der Waals surface area contributed by atoms with Crippen LogP contribution in [0.1, 0.15) is 32.6 Å². The molecule has 0 amide bonds. The Morgan fingerprint density at radius 2 is 2.13 bits per heavy atom. The van der Waals surface area contributed by atoms with Crippen molar-refractivity contribution in [2.24, 2.45) is 5.41 Å². The lowest BCUT2D eigenvalue weighted by molar-refractivity contribution is -0.0165. The van der Waals surface area contributed by atoms with Crippen LogP contribution in [0.2, 0.25) is 0 Å². The summed E-state index contributed by atoms with van der Waals surface area (Å²) in [6.45, 7) is 6.51. The second-order valence-corrected chi connectivity index (χ2v) is 5.80. The van der Waals surface area contributed by atoms with E-state index in [-0.39, 0.29) is 0 Å². The van der Waals surface area contributed by atoms with E-state index in [0.717, 1.165) is 19.8 Å². The van der Waals surface area contributed by atoms with Gasteiger partial charge in [0, 0.05) is 24.5 Å². The monoisotopic (exact) mass is 275 g/mol. The van der Waals surface area contributed by atoms with Gasteiger partial charge in [-0.15, -0.1) is 0 Å². The molecule has 1 unspecified atom stereocenters. The predicted molar refractivity (Wildman–Crippen MR) is 66.5 cm³/mol. The molecular formula is C12H22BrNO. The minimum Gasteiger partial charge on any atom is -0.379 e.